The maximum atomic E-state index is 13.4. The Labute approximate surface area is 102 Å². The third-order valence-electron chi connectivity index (χ3n) is 2.80. The van der Waals surface area contributed by atoms with Crippen LogP contribution in [0, 0.1) is 17.5 Å². The van der Waals surface area contributed by atoms with E-state index >= 15 is 0 Å². The van der Waals surface area contributed by atoms with Crippen LogP contribution in [0.3, 0.4) is 0 Å². The highest BCUT2D eigenvalue weighted by molar-refractivity contribution is 5.79. The van der Waals surface area contributed by atoms with Gasteiger partial charge in [0, 0.05) is 30.8 Å². The number of ether oxygens (including phenoxy) is 1. The normalized spacial score (nSPS) is 15.8. The first-order valence-electron chi connectivity index (χ1n) is 5.57. The molecule has 1 heterocycles. The van der Waals surface area contributed by atoms with Crippen molar-refractivity contribution < 1.29 is 22.7 Å². The van der Waals surface area contributed by atoms with Crippen molar-refractivity contribution in [2.24, 2.45) is 0 Å². The summed E-state index contributed by atoms with van der Waals surface area (Å²) in [5, 5.41) is 0. The van der Waals surface area contributed by atoms with Gasteiger partial charge >= 0.3 is 0 Å². The molecule has 0 atom stereocenters. The highest BCUT2D eigenvalue weighted by Crippen LogP contribution is 2.16. The van der Waals surface area contributed by atoms with Gasteiger partial charge in [-0.25, -0.2) is 13.2 Å². The zero-order valence-electron chi connectivity index (χ0n) is 9.59. The minimum atomic E-state index is -1.03. The fraction of sp³-hybridized carbons (Fsp3) is 0.417. The van der Waals surface area contributed by atoms with Crippen molar-refractivity contribution in [2.45, 2.75) is 6.42 Å². The summed E-state index contributed by atoms with van der Waals surface area (Å²) in [6.07, 6.45) is -0.405. The monoisotopic (exact) mass is 259 g/mol. The molecule has 0 unspecified atom stereocenters. The third-order valence-corrected chi connectivity index (χ3v) is 2.80. The molecule has 2 rings (SSSR count). The Kier molecular flexibility index (Phi) is 3.86. The molecule has 0 N–H and O–H groups in total. The number of hydrogen-bond donors (Lipinski definition) is 0. The zero-order valence-corrected chi connectivity index (χ0v) is 9.59. The summed E-state index contributed by atoms with van der Waals surface area (Å²) in [6, 6.07) is 1.15. The lowest BCUT2D eigenvalue weighted by Gasteiger charge is -2.27. The predicted molar refractivity (Wildman–Crippen MR) is 57.4 cm³/mol. The van der Waals surface area contributed by atoms with Crippen LogP contribution in [0.4, 0.5) is 13.2 Å². The van der Waals surface area contributed by atoms with Crippen molar-refractivity contribution in [3.05, 3.63) is 35.1 Å². The van der Waals surface area contributed by atoms with Crippen molar-refractivity contribution in [1.82, 2.24) is 4.90 Å². The van der Waals surface area contributed by atoms with E-state index in [1.54, 1.807) is 0 Å². The van der Waals surface area contributed by atoms with Gasteiger partial charge in [-0.1, -0.05) is 0 Å². The highest BCUT2D eigenvalue weighted by Gasteiger charge is 2.21. The molecule has 1 amide bonds. The molecule has 1 saturated heterocycles. The van der Waals surface area contributed by atoms with E-state index in [1.165, 1.54) is 4.90 Å². The molecule has 3 nitrogen and oxygen atoms in total. The molecule has 18 heavy (non-hydrogen) atoms. The summed E-state index contributed by atoms with van der Waals surface area (Å²) < 4.78 is 44.5. The number of morpholine rings is 1. The van der Waals surface area contributed by atoms with Gasteiger partial charge in [-0.3, -0.25) is 4.79 Å². The van der Waals surface area contributed by atoms with Gasteiger partial charge in [0.1, 0.15) is 17.5 Å². The first-order valence-corrected chi connectivity index (χ1v) is 5.57. The largest absolute Gasteiger partial charge is 0.378 e. The van der Waals surface area contributed by atoms with E-state index in [9.17, 15) is 18.0 Å². The molecule has 98 valence electrons. The lowest BCUT2D eigenvalue weighted by molar-refractivity contribution is -0.134. The van der Waals surface area contributed by atoms with Crippen LogP contribution in [0.15, 0.2) is 12.1 Å². The molecule has 0 aromatic heterocycles. The van der Waals surface area contributed by atoms with Crippen molar-refractivity contribution >= 4 is 5.91 Å². The van der Waals surface area contributed by atoms with Gasteiger partial charge in [-0.2, -0.15) is 0 Å². The van der Waals surface area contributed by atoms with E-state index < -0.39 is 29.4 Å². The zero-order chi connectivity index (χ0) is 13.1. The lowest BCUT2D eigenvalue weighted by atomic mass is 10.1. The molecule has 1 aliphatic heterocycles. The van der Waals surface area contributed by atoms with E-state index in [1.807, 2.05) is 0 Å². The Balaban J connectivity index is 2.11. The molecule has 1 aliphatic rings. The Hall–Kier alpha value is -1.56. The predicted octanol–water partition coefficient (Wildman–Crippen LogP) is 1.51. The molecular formula is C12H12F3NO2. The number of nitrogens with zero attached hydrogens (tertiary/aromatic N) is 1. The quantitative estimate of drug-likeness (QED) is 0.805. The standard InChI is InChI=1S/C12H12F3NO2/c13-8-5-10(14)9(11(15)6-8)7-12(17)16-1-3-18-4-2-16/h5-6H,1-4,7H2. The molecule has 6 heteroatoms. The topological polar surface area (TPSA) is 29.5 Å². The van der Waals surface area contributed by atoms with Crippen molar-refractivity contribution in [2.75, 3.05) is 26.3 Å². The number of rotatable bonds is 2. The second kappa shape index (κ2) is 5.39. The van der Waals surface area contributed by atoms with Crippen molar-refractivity contribution in [1.29, 1.82) is 0 Å². The second-order valence-corrected chi connectivity index (χ2v) is 4.02. The Bertz CT molecular complexity index is 436. The summed E-state index contributed by atoms with van der Waals surface area (Å²) in [6.45, 7) is 1.65. The Morgan fingerprint density at radius 1 is 1.17 bits per heavy atom. The van der Waals surface area contributed by atoms with Gasteiger partial charge < -0.3 is 9.64 Å². The average Bonchev–Trinajstić information content (AvgIpc) is 2.34. The maximum absolute atomic E-state index is 13.4. The maximum Gasteiger partial charge on any atom is 0.227 e. The van der Waals surface area contributed by atoms with Gasteiger partial charge in [-0.05, 0) is 0 Å². The number of amides is 1. The van der Waals surface area contributed by atoms with Crippen LogP contribution in [-0.2, 0) is 16.0 Å². The van der Waals surface area contributed by atoms with E-state index in [4.69, 9.17) is 4.74 Å². The van der Waals surface area contributed by atoms with Crippen molar-refractivity contribution in [3.8, 4) is 0 Å². The molecular weight excluding hydrogens is 247 g/mol. The van der Waals surface area contributed by atoms with Crippen molar-refractivity contribution in [3.63, 3.8) is 0 Å². The van der Waals surface area contributed by atoms with Crippen LogP contribution >= 0.6 is 0 Å². The lowest BCUT2D eigenvalue weighted by Crippen LogP contribution is -2.41. The number of carbonyl (C=O) groups excluding carboxylic acids is 1. The van der Waals surface area contributed by atoms with Crippen LogP contribution in [-0.4, -0.2) is 37.1 Å². The summed E-state index contributed by atoms with van der Waals surface area (Å²) in [5.74, 6) is -3.45. The minimum Gasteiger partial charge on any atom is -0.378 e. The second-order valence-electron chi connectivity index (χ2n) is 4.02. The molecule has 0 bridgehead atoms. The van der Waals surface area contributed by atoms with E-state index in [2.05, 4.69) is 0 Å². The molecule has 1 fully saturated rings. The fourth-order valence-electron chi connectivity index (χ4n) is 1.82. The molecule has 0 saturated carbocycles. The van der Waals surface area contributed by atoms with Crippen LogP contribution in [0.5, 0.6) is 0 Å². The fourth-order valence-corrected chi connectivity index (χ4v) is 1.82. The van der Waals surface area contributed by atoms with Gasteiger partial charge in [0.05, 0.1) is 19.6 Å². The SMILES string of the molecule is O=C(Cc1c(F)cc(F)cc1F)N1CCOCC1. The molecule has 0 radical (unpaired) electrons. The van der Waals surface area contributed by atoms with E-state index in [0.29, 0.717) is 38.4 Å². The third kappa shape index (κ3) is 2.81. The molecule has 0 aliphatic carbocycles. The number of benzene rings is 1. The first kappa shape index (κ1) is 12.9. The Morgan fingerprint density at radius 2 is 1.72 bits per heavy atom. The number of hydrogen-bond acceptors (Lipinski definition) is 2. The summed E-state index contributed by atoms with van der Waals surface area (Å²) in [7, 11) is 0. The molecule has 1 aromatic carbocycles. The summed E-state index contributed by atoms with van der Waals surface area (Å²) in [4.78, 5) is 13.3. The van der Waals surface area contributed by atoms with Crippen LogP contribution in [0.25, 0.3) is 0 Å². The van der Waals surface area contributed by atoms with Gasteiger partial charge in [0.25, 0.3) is 0 Å². The number of halogens is 3. The van der Waals surface area contributed by atoms with E-state index in [0.717, 1.165) is 0 Å². The van der Waals surface area contributed by atoms with Crippen LogP contribution in [0.2, 0.25) is 0 Å². The minimum absolute atomic E-state index is 0.386. The Morgan fingerprint density at radius 3 is 2.28 bits per heavy atom. The average molecular weight is 259 g/mol. The van der Waals surface area contributed by atoms with E-state index in [-0.39, 0.29) is 5.91 Å². The smallest absolute Gasteiger partial charge is 0.227 e. The van der Waals surface area contributed by atoms with Crippen LogP contribution < -0.4 is 0 Å². The van der Waals surface area contributed by atoms with Gasteiger partial charge in [0.2, 0.25) is 5.91 Å². The van der Waals surface area contributed by atoms with Gasteiger partial charge in [-0.15, -0.1) is 0 Å². The van der Waals surface area contributed by atoms with Crippen LogP contribution in [0.1, 0.15) is 5.56 Å². The first-order chi connectivity index (χ1) is 8.58. The molecule has 1 aromatic rings. The summed E-state index contributed by atoms with van der Waals surface area (Å²) in [5.41, 5.74) is -0.395. The van der Waals surface area contributed by atoms with Gasteiger partial charge in [0.15, 0.2) is 0 Å². The number of carbonyl (C=O) groups is 1. The highest BCUT2D eigenvalue weighted by atomic mass is 19.1. The summed E-state index contributed by atoms with van der Waals surface area (Å²) >= 11 is 0. The molecule has 0 spiro atoms.